The lowest BCUT2D eigenvalue weighted by Gasteiger charge is -2.34. The zero-order chi connectivity index (χ0) is 31.5. The lowest BCUT2D eigenvalue weighted by atomic mass is 10.0. The summed E-state index contributed by atoms with van der Waals surface area (Å²) in [7, 11) is -4.16. The van der Waals surface area contributed by atoms with E-state index in [4.69, 9.17) is 11.6 Å². The molecule has 4 aromatic rings. The van der Waals surface area contributed by atoms with E-state index in [1.165, 1.54) is 17.0 Å². The number of rotatable bonds is 14. The Balaban J connectivity index is 1.78. The number of carbonyl (C=O) groups is 2. The van der Waals surface area contributed by atoms with Crippen molar-refractivity contribution in [2.45, 2.75) is 43.7 Å². The van der Waals surface area contributed by atoms with Crippen LogP contribution >= 0.6 is 27.5 Å². The first kappa shape index (κ1) is 33.2. The Morgan fingerprint density at radius 1 is 0.864 bits per heavy atom. The predicted octanol–water partition coefficient (Wildman–Crippen LogP) is 6.85. The van der Waals surface area contributed by atoms with Gasteiger partial charge in [0.25, 0.3) is 10.0 Å². The fourth-order valence-corrected chi connectivity index (χ4v) is 6.62. The zero-order valence-electron chi connectivity index (χ0n) is 24.4. The van der Waals surface area contributed by atoms with Crippen molar-refractivity contribution in [2.75, 3.05) is 17.4 Å². The molecule has 0 radical (unpaired) electrons. The summed E-state index contributed by atoms with van der Waals surface area (Å²) in [6.07, 6.45) is 1.92. The van der Waals surface area contributed by atoms with Gasteiger partial charge < -0.3 is 10.2 Å². The molecule has 7 nitrogen and oxygen atoms in total. The molecule has 4 aromatic carbocycles. The lowest BCUT2D eigenvalue weighted by molar-refractivity contribution is -0.140. The van der Waals surface area contributed by atoms with E-state index in [0.717, 1.165) is 27.2 Å². The van der Waals surface area contributed by atoms with E-state index in [9.17, 15) is 18.0 Å². The molecule has 4 rings (SSSR count). The van der Waals surface area contributed by atoms with Crippen LogP contribution in [0.1, 0.15) is 30.9 Å². The maximum Gasteiger partial charge on any atom is 0.264 e. The third-order valence-corrected chi connectivity index (χ3v) is 9.81. The molecule has 1 unspecified atom stereocenters. The van der Waals surface area contributed by atoms with Gasteiger partial charge in [0.05, 0.1) is 10.6 Å². The molecular formula is C34H35BrClN3O4S. The Hall–Kier alpha value is -3.66. The molecule has 0 fully saturated rings. The monoisotopic (exact) mass is 695 g/mol. The summed E-state index contributed by atoms with van der Waals surface area (Å²) >= 11 is 9.94. The Morgan fingerprint density at radius 2 is 1.48 bits per heavy atom. The number of amides is 2. The van der Waals surface area contributed by atoms with E-state index in [0.29, 0.717) is 22.8 Å². The zero-order valence-corrected chi connectivity index (χ0v) is 27.6. The molecule has 0 aliphatic carbocycles. The van der Waals surface area contributed by atoms with Gasteiger partial charge in [0, 0.05) is 29.0 Å². The normalized spacial score (nSPS) is 11.9. The van der Waals surface area contributed by atoms with Gasteiger partial charge in [0.15, 0.2) is 0 Å². The molecule has 0 bridgehead atoms. The maximum atomic E-state index is 14.4. The number of carbonyl (C=O) groups excluding carboxylic acids is 2. The summed E-state index contributed by atoms with van der Waals surface area (Å²) < 4.78 is 29.9. The Bertz CT molecular complexity index is 1640. The summed E-state index contributed by atoms with van der Waals surface area (Å²) in [4.78, 5) is 29.7. The van der Waals surface area contributed by atoms with Gasteiger partial charge in [-0.15, -0.1) is 0 Å². The van der Waals surface area contributed by atoms with Crippen LogP contribution in [0, 0.1) is 0 Å². The van der Waals surface area contributed by atoms with Crippen molar-refractivity contribution in [1.29, 1.82) is 0 Å². The summed E-state index contributed by atoms with van der Waals surface area (Å²) in [6, 6.07) is 30.3. The number of unbranched alkanes of at least 4 members (excludes halogenated alkanes) is 1. The van der Waals surface area contributed by atoms with Crippen LogP contribution in [-0.4, -0.2) is 44.3 Å². The Kier molecular flexibility index (Phi) is 12.0. The summed E-state index contributed by atoms with van der Waals surface area (Å²) in [5.41, 5.74) is 1.82. The average Bonchev–Trinajstić information content (AvgIpc) is 3.03. The molecule has 0 saturated carbocycles. The van der Waals surface area contributed by atoms with E-state index in [-0.39, 0.29) is 23.8 Å². The minimum atomic E-state index is -4.16. The number of nitrogens with one attached hydrogen (secondary N) is 1. The number of nitrogens with zero attached hydrogens (tertiary/aromatic N) is 2. The topological polar surface area (TPSA) is 86.8 Å². The van der Waals surface area contributed by atoms with Crippen LogP contribution in [0.4, 0.5) is 5.69 Å². The molecule has 230 valence electrons. The smallest absolute Gasteiger partial charge is 0.264 e. The summed E-state index contributed by atoms with van der Waals surface area (Å²) in [5.74, 6) is -0.859. The Labute approximate surface area is 273 Å². The molecule has 0 spiro atoms. The van der Waals surface area contributed by atoms with Gasteiger partial charge >= 0.3 is 0 Å². The fraction of sp³-hybridized carbons (Fsp3) is 0.235. The Morgan fingerprint density at radius 3 is 2.11 bits per heavy atom. The van der Waals surface area contributed by atoms with Gasteiger partial charge in [0.2, 0.25) is 11.8 Å². The molecule has 0 aromatic heterocycles. The minimum Gasteiger partial charge on any atom is -0.354 e. The van der Waals surface area contributed by atoms with Crippen molar-refractivity contribution >= 4 is 55.1 Å². The first-order valence-corrected chi connectivity index (χ1v) is 17.0. The number of hydrogen-bond donors (Lipinski definition) is 1. The number of hydrogen-bond acceptors (Lipinski definition) is 4. The van der Waals surface area contributed by atoms with Crippen LogP contribution in [0.3, 0.4) is 0 Å². The number of sulfonamides is 1. The molecule has 0 heterocycles. The standard InChI is InChI=1S/C34H35BrClN3O4S/c1-2-3-22-37-34(41)32(23-26-12-6-4-7-13-26)38(24-27-14-10-11-17-31(27)36)33(40)25-39(29-20-18-28(35)19-21-29)44(42,43)30-15-8-5-9-16-30/h4-21,32H,2-3,22-25H2,1H3,(H,37,41). The van der Waals surface area contributed by atoms with Gasteiger partial charge in [-0.2, -0.15) is 0 Å². The third kappa shape index (κ3) is 8.71. The molecule has 1 N–H and O–H groups in total. The van der Waals surface area contributed by atoms with Gasteiger partial charge in [-0.25, -0.2) is 8.42 Å². The minimum absolute atomic E-state index is 0.0107. The third-order valence-electron chi connectivity index (χ3n) is 7.12. The second-order valence-corrected chi connectivity index (χ2v) is 13.4. The molecule has 0 aliphatic rings. The molecule has 0 saturated heterocycles. The average molecular weight is 697 g/mol. The van der Waals surface area contributed by atoms with Crippen molar-refractivity contribution in [3.8, 4) is 0 Å². The van der Waals surface area contributed by atoms with E-state index in [1.54, 1.807) is 60.7 Å². The van der Waals surface area contributed by atoms with Gasteiger partial charge in [-0.3, -0.25) is 13.9 Å². The van der Waals surface area contributed by atoms with Crippen LogP contribution in [0.15, 0.2) is 119 Å². The first-order chi connectivity index (χ1) is 21.2. The highest BCUT2D eigenvalue weighted by Crippen LogP contribution is 2.27. The molecule has 1 atom stereocenters. The second-order valence-electron chi connectivity index (χ2n) is 10.3. The van der Waals surface area contributed by atoms with Crippen molar-refractivity contribution < 1.29 is 18.0 Å². The predicted molar refractivity (Wildman–Crippen MR) is 179 cm³/mol. The molecule has 0 aliphatic heterocycles. The number of anilines is 1. The van der Waals surface area contributed by atoms with Crippen molar-refractivity contribution in [3.05, 3.63) is 130 Å². The van der Waals surface area contributed by atoms with Crippen LogP contribution in [0.5, 0.6) is 0 Å². The summed E-state index contributed by atoms with van der Waals surface area (Å²) in [6.45, 7) is 1.97. The quantitative estimate of drug-likeness (QED) is 0.146. The second kappa shape index (κ2) is 15.9. The molecular weight excluding hydrogens is 662 g/mol. The van der Waals surface area contributed by atoms with Crippen molar-refractivity contribution in [3.63, 3.8) is 0 Å². The molecule has 10 heteroatoms. The fourth-order valence-electron chi connectivity index (χ4n) is 4.73. The van der Waals surface area contributed by atoms with Crippen molar-refractivity contribution in [2.24, 2.45) is 0 Å². The SMILES string of the molecule is CCCCNC(=O)C(Cc1ccccc1)N(Cc1ccccc1Cl)C(=O)CN(c1ccc(Br)cc1)S(=O)(=O)c1ccccc1. The molecule has 2 amide bonds. The molecule has 44 heavy (non-hydrogen) atoms. The van der Waals surface area contributed by atoms with Crippen LogP contribution in [0.2, 0.25) is 5.02 Å². The maximum absolute atomic E-state index is 14.4. The lowest BCUT2D eigenvalue weighted by Crippen LogP contribution is -2.53. The van der Waals surface area contributed by atoms with Crippen molar-refractivity contribution in [1.82, 2.24) is 10.2 Å². The van der Waals surface area contributed by atoms with Gasteiger partial charge in [-0.05, 0) is 60.0 Å². The highest BCUT2D eigenvalue weighted by molar-refractivity contribution is 9.10. The van der Waals surface area contributed by atoms with Crippen LogP contribution in [-0.2, 0) is 32.6 Å². The van der Waals surface area contributed by atoms with E-state index in [2.05, 4.69) is 21.2 Å². The highest BCUT2D eigenvalue weighted by atomic mass is 79.9. The van der Waals surface area contributed by atoms with Crippen LogP contribution < -0.4 is 9.62 Å². The number of benzene rings is 4. The van der Waals surface area contributed by atoms with Crippen LogP contribution in [0.25, 0.3) is 0 Å². The number of halogens is 2. The van der Waals surface area contributed by atoms with E-state index < -0.39 is 28.5 Å². The van der Waals surface area contributed by atoms with Gasteiger partial charge in [-0.1, -0.05) is 108 Å². The summed E-state index contributed by atoms with van der Waals surface area (Å²) in [5, 5.41) is 3.43. The largest absolute Gasteiger partial charge is 0.354 e. The highest BCUT2D eigenvalue weighted by Gasteiger charge is 2.34. The van der Waals surface area contributed by atoms with E-state index in [1.807, 2.05) is 43.3 Å². The van der Waals surface area contributed by atoms with Gasteiger partial charge in [0.1, 0.15) is 12.6 Å². The van der Waals surface area contributed by atoms with E-state index >= 15 is 0 Å². The first-order valence-electron chi connectivity index (χ1n) is 14.4.